The van der Waals surface area contributed by atoms with Crippen LogP contribution in [0.15, 0.2) is 45.9 Å². The van der Waals surface area contributed by atoms with E-state index in [1.807, 2.05) is 0 Å². The fourth-order valence-electron chi connectivity index (χ4n) is 3.99. The van der Waals surface area contributed by atoms with Crippen LogP contribution < -0.4 is 0 Å². The molecular weight excluding hydrogens is 432 g/mol. The third kappa shape index (κ3) is 4.07. The van der Waals surface area contributed by atoms with Crippen molar-refractivity contribution in [2.24, 2.45) is 0 Å². The minimum Gasteiger partial charge on any atom is -0.459 e. The number of rotatable bonds is 4. The van der Waals surface area contributed by atoms with Crippen molar-refractivity contribution in [1.82, 2.24) is 14.1 Å². The number of benzene rings is 1. The van der Waals surface area contributed by atoms with E-state index in [1.165, 1.54) is 16.1 Å². The van der Waals surface area contributed by atoms with Gasteiger partial charge >= 0.3 is 0 Å². The number of hydrogen-bond acceptors (Lipinski definition) is 5. The predicted octanol–water partition coefficient (Wildman–Crippen LogP) is 1.70. The number of carbonyl (C=O) groups excluding carboxylic acids is 2. The smallest absolute Gasteiger partial charge is 0.290 e. The summed E-state index contributed by atoms with van der Waals surface area (Å²) in [7, 11) is -4.15. The van der Waals surface area contributed by atoms with Crippen molar-refractivity contribution in [1.29, 1.82) is 0 Å². The number of likely N-dealkylation sites (tertiary alicyclic amines) is 1. The summed E-state index contributed by atoms with van der Waals surface area (Å²) in [6, 6.07) is 4.83. The summed E-state index contributed by atoms with van der Waals surface area (Å²) >= 11 is 0. The van der Waals surface area contributed by atoms with E-state index in [-0.39, 0.29) is 43.8 Å². The topological polar surface area (TPSA) is 91.1 Å². The molecule has 2 amide bonds. The van der Waals surface area contributed by atoms with E-state index >= 15 is 0 Å². The molecule has 2 aromatic rings. The summed E-state index contributed by atoms with van der Waals surface area (Å²) in [5.74, 6) is -2.46. The predicted molar refractivity (Wildman–Crippen MR) is 104 cm³/mol. The van der Waals surface area contributed by atoms with E-state index in [9.17, 15) is 26.8 Å². The van der Waals surface area contributed by atoms with Gasteiger partial charge in [0.2, 0.25) is 15.9 Å². The lowest BCUT2D eigenvalue weighted by Crippen LogP contribution is -2.55. The number of sulfonamides is 1. The summed E-state index contributed by atoms with van der Waals surface area (Å²) in [5.41, 5.74) is 0. The summed E-state index contributed by atoms with van der Waals surface area (Å²) in [4.78, 5) is 28.1. The van der Waals surface area contributed by atoms with Gasteiger partial charge in [0.15, 0.2) is 5.76 Å². The third-order valence-corrected chi connectivity index (χ3v) is 7.52. The lowest BCUT2D eigenvalue weighted by Gasteiger charge is -2.36. The van der Waals surface area contributed by atoms with Gasteiger partial charge in [-0.05, 0) is 37.1 Å². The molecule has 0 spiro atoms. The van der Waals surface area contributed by atoms with Crippen molar-refractivity contribution in [2.75, 3.05) is 32.7 Å². The van der Waals surface area contributed by atoms with Gasteiger partial charge in [0, 0.05) is 38.8 Å². The van der Waals surface area contributed by atoms with Gasteiger partial charge in [-0.3, -0.25) is 9.59 Å². The maximum atomic E-state index is 14.0. The molecule has 2 aliphatic heterocycles. The molecule has 0 N–H and O–H groups in total. The van der Waals surface area contributed by atoms with Gasteiger partial charge in [-0.25, -0.2) is 17.2 Å². The van der Waals surface area contributed by atoms with Gasteiger partial charge in [-0.1, -0.05) is 0 Å². The second kappa shape index (κ2) is 8.39. The van der Waals surface area contributed by atoms with Gasteiger partial charge in [0.05, 0.1) is 6.26 Å². The Morgan fingerprint density at radius 2 is 1.77 bits per heavy atom. The Labute approximate surface area is 178 Å². The van der Waals surface area contributed by atoms with Gasteiger partial charge in [-0.15, -0.1) is 0 Å². The molecule has 3 heterocycles. The molecular formula is C20H21F2N3O5S. The molecule has 11 heteroatoms. The zero-order valence-electron chi connectivity index (χ0n) is 16.5. The lowest BCUT2D eigenvalue weighted by atomic mass is 10.1. The van der Waals surface area contributed by atoms with Gasteiger partial charge < -0.3 is 14.2 Å². The van der Waals surface area contributed by atoms with Crippen LogP contribution in [0, 0.1) is 11.6 Å². The molecule has 1 atom stereocenters. The first kappa shape index (κ1) is 21.4. The zero-order valence-corrected chi connectivity index (χ0v) is 17.4. The largest absolute Gasteiger partial charge is 0.459 e. The number of carbonyl (C=O) groups is 2. The van der Waals surface area contributed by atoms with Crippen LogP contribution >= 0.6 is 0 Å². The van der Waals surface area contributed by atoms with Crippen LogP contribution in [0.3, 0.4) is 0 Å². The molecule has 0 bridgehead atoms. The van der Waals surface area contributed by atoms with Crippen molar-refractivity contribution in [3.8, 4) is 0 Å². The van der Waals surface area contributed by atoms with Crippen molar-refractivity contribution in [2.45, 2.75) is 23.8 Å². The van der Waals surface area contributed by atoms with Gasteiger partial charge in [0.25, 0.3) is 5.91 Å². The molecule has 0 radical (unpaired) electrons. The minimum atomic E-state index is -4.15. The molecule has 4 rings (SSSR count). The zero-order chi connectivity index (χ0) is 22.2. The van der Waals surface area contributed by atoms with Crippen LogP contribution in [0.4, 0.5) is 8.78 Å². The highest BCUT2D eigenvalue weighted by Gasteiger charge is 2.39. The maximum Gasteiger partial charge on any atom is 0.290 e. The summed E-state index contributed by atoms with van der Waals surface area (Å²) < 4.78 is 58.8. The van der Waals surface area contributed by atoms with Gasteiger partial charge in [0.1, 0.15) is 22.6 Å². The number of amides is 2. The number of hydrogen-bond donors (Lipinski definition) is 0. The first-order valence-electron chi connectivity index (χ1n) is 9.87. The van der Waals surface area contributed by atoms with Crippen LogP contribution in [0.1, 0.15) is 23.4 Å². The maximum absolute atomic E-state index is 14.0. The Balaban J connectivity index is 1.42. The summed E-state index contributed by atoms with van der Waals surface area (Å²) in [6.07, 6.45) is 2.59. The molecule has 166 valence electrons. The van der Waals surface area contributed by atoms with E-state index in [0.29, 0.717) is 25.5 Å². The normalized spacial score (nSPS) is 20.3. The Hall–Kier alpha value is -2.79. The van der Waals surface area contributed by atoms with Gasteiger partial charge in [-0.2, -0.15) is 4.31 Å². The Morgan fingerprint density at radius 1 is 1.03 bits per heavy atom. The Bertz CT molecular complexity index is 1080. The number of furan rings is 1. The van der Waals surface area contributed by atoms with Crippen LogP contribution in [-0.4, -0.2) is 73.1 Å². The number of halogens is 2. The summed E-state index contributed by atoms with van der Waals surface area (Å²) in [5, 5.41) is 0. The molecule has 0 unspecified atom stereocenters. The quantitative estimate of drug-likeness (QED) is 0.703. The molecule has 2 aliphatic rings. The monoisotopic (exact) mass is 453 g/mol. The molecule has 2 saturated heterocycles. The first-order chi connectivity index (χ1) is 14.8. The molecule has 8 nitrogen and oxygen atoms in total. The fourth-order valence-corrected chi connectivity index (χ4v) is 5.46. The second-order valence-corrected chi connectivity index (χ2v) is 9.34. The van der Waals surface area contributed by atoms with E-state index in [4.69, 9.17) is 4.42 Å². The molecule has 2 fully saturated rings. The van der Waals surface area contributed by atoms with Crippen LogP contribution in [-0.2, 0) is 14.8 Å². The van der Waals surface area contributed by atoms with Crippen LogP contribution in [0.5, 0.6) is 0 Å². The first-order valence-corrected chi connectivity index (χ1v) is 11.3. The molecule has 0 saturated carbocycles. The Morgan fingerprint density at radius 3 is 2.42 bits per heavy atom. The third-order valence-electron chi connectivity index (χ3n) is 5.59. The SMILES string of the molecule is O=C([C@@H]1CCCN1C(=O)c1ccco1)N1CCN(S(=O)(=O)c2ccc(F)cc2F)CC1. The van der Waals surface area contributed by atoms with Crippen molar-refractivity contribution in [3.63, 3.8) is 0 Å². The van der Waals surface area contributed by atoms with Crippen LogP contribution in [0.2, 0.25) is 0 Å². The molecule has 0 aliphatic carbocycles. The second-order valence-electron chi connectivity index (χ2n) is 7.44. The minimum absolute atomic E-state index is 0.0241. The lowest BCUT2D eigenvalue weighted by molar-refractivity contribution is -0.136. The Kier molecular flexibility index (Phi) is 5.80. The highest BCUT2D eigenvalue weighted by atomic mass is 32.2. The number of piperazine rings is 1. The van der Waals surface area contributed by atoms with Crippen molar-refractivity contribution in [3.05, 3.63) is 54.0 Å². The van der Waals surface area contributed by atoms with E-state index in [0.717, 1.165) is 16.4 Å². The highest BCUT2D eigenvalue weighted by Crippen LogP contribution is 2.25. The summed E-state index contributed by atoms with van der Waals surface area (Å²) in [6.45, 7) is 0.613. The standard InChI is InChI=1S/C20H21F2N3O5S/c21-14-5-6-18(15(22)13-14)31(28,29)24-10-8-23(9-11-24)19(26)16-3-1-7-25(16)20(27)17-4-2-12-30-17/h2,4-6,12-13,16H,1,3,7-11H2/t16-/m0/s1. The average molecular weight is 453 g/mol. The van der Waals surface area contributed by atoms with E-state index in [1.54, 1.807) is 12.1 Å². The van der Waals surface area contributed by atoms with E-state index in [2.05, 4.69) is 0 Å². The average Bonchev–Trinajstić information content (AvgIpc) is 3.45. The molecule has 1 aromatic heterocycles. The van der Waals surface area contributed by atoms with Crippen molar-refractivity contribution >= 4 is 21.8 Å². The molecule has 31 heavy (non-hydrogen) atoms. The number of nitrogens with zero attached hydrogens (tertiary/aromatic N) is 3. The molecule has 1 aromatic carbocycles. The van der Waals surface area contributed by atoms with E-state index < -0.39 is 32.6 Å². The van der Waals surface area contributed by atoms with Crippen molar-refractivity contribution < 1.29 is 31.2 Å². The highest BCUT2D eigenvalue weighted by molar-refractivity contribution is 7.89. The fraction of sp³-hybridized carbons (Fsp3) is 0.400. The van der Waals surface area contributed by atoms with Crippen LogP contribution in [0.25, 0.3) is 0 Å².